The van der Waals surface area contributed by atoms with Crippen LogP contribution in [0.1, 0.15) is 20.3 Å². The van der Waals surface area contributed by atoms with E-state index < -0.39 is 0 Å². The highest BCUT2D eigenvalue weighted by molar-refractivity contribution is 6.35. The lowest BCUT2D eigenvalue weighted by Crippen LogP contribution is -2.34. The number of benzene rings is 1. The van der Waals surface area contributed by atoms with E-state index in [1.165, 1.54) is 4.90 Å². The summed E-state index contributed by atoms with van der Waals surface area (Å²) in [5, 5.41) is 10.0. The van der Waals surface area contributed by atoms with Gasteiger partial charge < -0.3 is 5.73 Å². The molecular formula is C13H16Cl2N4. The van der Waals surface area contributed by atoms with Gasteiger partial charge in [0, 0.05) is 16.6 Å². The van der Waals surface area contributed by atoms with Crippen molar-refractivity contribution in [3.8, 4) is 6.19 Å². The minimum absolute atomic E-state index is 0.140. The average Bonchev–Trinajstić information content (AvgIpc) is 2.27. The van der Waals surface area contributed by atoms with Gasteiger partial charge in [-0.15, -0.1) is 0 Å². The first-order valence-electron chi connectivity index (χ1n) is 5.90. The third kappa shape index (κ3) is 5.37. The Labute approximate surface area is 123 Å². The van der Waals surface area contributed by atoms with Crippen LogP contribution in [-0.2, 0) is 0 Å². The van der Waals surface area contributed by atoms with Crippen molar-refractivity contribution in [2.24, 2.45) is 16.6 Å². The second-order valence-electron chi connectivity index (χ2n) is 4.53. The quantitative estimate of drug-likeness (QED) is 0.398. The molecule has 2 N–H and O–H groups in total. The molecule has 0 aliphatic heterocycles. The summed E-state index contributed by atoms with van der Waals surface area (Å²) in [5.41, 5.74) is 6.34. The normalized spacial score (nSPS) is 11.5. The van der Waals surface area contributed by atoms with Crippen LogP contribution in [0.2, 0.25) is 10.0 Å². The zero-order chi connectivity index (χ0) is 14.4. The Hall–Kier alpha value is -1.44. The molecule has 0 spiro atoms. The number of guanidine groups is 1. The molecule has 0 aromatic heterocycles. The molecule has 19 heavy (non-hydrogen) atoms. The SMILES string of the molecule is CC(C)CCN(C#N)C(N)=Nc1cc(Cl)cc(Cl)c1. The molecule has 0 aliphatic rings. The van der Waals surface area contributed by atoms with E-state index in [2.05, 4.69) is 18.8 Å². The third-order valence-electron chi connectivity index (χ3n) is 2.42. The standard InChI is InChI=1S/C13H16Cl2N4/c1-9(2)3-4-19(8-16)13(17)18-12-6-10(14)5-11(15)7-12/h5-7,9H,3-4H2,1-2H3,(H2,17,18). The van der Waals surface area contributed by atoms with Crippen LogP contribution in [0, 0.1) is 17.4 Å². The highest BCUT2D eigenvalue weighted by Crippen LogP contribution is 2.24. The maximum atomic E-state index is 9.06. The second kappa shape index (κ2) is 7.22. The summed E-state index contributed by atoms with van der Waals surface area (Å²) in [6.45, 7) is 4.71. The molecule has 1 rings (SSSR count). The first-order chi connectivity index (χ1) is 8.92. The van der Waals surface area contributed by atoms with Crippen LogP contribution < -0.4 is 5.73 Å². The highest BCUT2D eigenvalue weighted by Gasteiger charge is 2.08. The molecule has 0 radical (unpaired) electrons. The molecule has 0 unspecified atom stereocenters. The van der Waals surface area contributed by atoms with Crippen molar-refractivity contribution in [3.05, 3.63) is 28.2 Å². The van der Waals surface area contributed by atoms with Crippen molar-refractivity contribution < 1.29 is 0 Å². The Kier molecular flexibility index (Phi) is 5.94. The predicted molar refractivity (Wildman–Crippen MR) is 79.5 cm³/mol. The molecule has 0 heterocycles. The van der Waals surface area contributed by atoms with Gasteiger partial charge >= 0.3 is 0 Å². The lowest BCUT2D eigenvalue weighted by Gasteiger charge is -2.15. The second-order valence-corrected chi connectivity index (χ2v) is 5.40. The molecule has 6 heteroatoms. The van der Waals surface area contributed by atoms with E-state index in [1.807, 2.05) is 6.19 Å². The summed E-state index contributed by atoms with van der Waals surface area (Å²) in [5.74, 6) is 0.630. The molecule has 0 bridgehead atoms. The van der Waals surface area contributed by atoms with E-state index in [1.54, 1.807) is 18.2 Å². The molecule has 1 aromatic carbocycles. The van der Waals surface area contributed by atoms with Crippen LogP contribution in [0.5, 0.6) is 0 Å². The van der Waals surface area contributed by atoms with E-state index in [0.29, 0.717) is 28.2 Å². The first kappa shape index (κ1) is 15.6. The zero-order valence-electron chi connectivity index (χ0n) is 10.9. The number of rotatable bonds is 4. The van der Waals surface area contributed by atoms with Crippen molar-refractivity contribution in [2.75, 3.05) is 6.54 Å². The van der Waals surface area contributed by atoms with Crippen LogP contribution >= 0.6 is 23.2 Å². The Morgan fingerprint density at radius 2 is 1.95 bits per heavy atom. The fraction of sp³-hybridized carbons (Fsp3) is 0.385. The van der Waals surface area contributed by atoms with Crippen LogP contribution in [0.15, 0.2) is 23.2 Å². The van der Waals surface area contributed by atoms with Crippen molar-refractivity contribution in [3.63, 3.8) is 0 Å². The molecule has 1 aromatic rings. The Bertz CT molecular complexity index is 486. The van der Waals surface area contributed by atoms with E-state index in [-0.39, 0.29) is 5.96 Å². The number of nitrogens with two attached hydrogens (primary N) is 1. The van der Waals surface area contributed by atoms with Crippen LogP contribution in [0.3, 0.4) is 0 Å². The van der Waals surface area contributed by atoms with E-state index >= 15 is 0 Å². The number of hydrogen-bond donors (Lipinski definition) is 1. The topological polar surface area (TPSA) is 65.4 Å². The maximum Gasteiger partial charge on any atom is 0.209 e. The van der Waals surface area contributed by atoms with Gasteiger partial charge in [0.2, 0.25) is 5.96 Å². The molecule has 0 aliphatic carbocycles. The smallest absolute Gasteiger partial charge is 0.209 e. The van der Waals surface area contributed by atoms with Crippen molar-refractivity contribution in [1.29, 1.82) is 5.26 Å². The number of aliphatic imine (C=N–C) groups is 1. The van der Waals surface area contributed by atoms with Crippen LogP contribution in [-0.4, -0.2) is 17.4 Å². The molecule has 0 fully saturated rings. The van der Waals surface area contributed by atoms with E-state index in [0.717, 1.165) is 6.42 Å². The number of nitriles is 1. The Morgan fingerprint density at radius 1 is 1.37 bits per heavy atom. The largest absolute Gasteiger partial charge is 0.369 e. The van der Waals surface area contributed by atoms with Crippen LogP contribution in [0.25, 0.3) is 0 Å². The van der Waals surface area contributed by atoms with Gasteiger partial charge in [0.25, 0.3) is 0 Å². The lowest BCUT2D eigenvalue weighted by atomic mass is 10.1. The van der Waals surface area contributed by atoms with Gasteiger partial charge in [-0.25, -0.2) is 9.89 Å². The van der Waals surface area contributed by atoms with Crippen molar-refractivity contribution in [1.82, 2.24) is 4.90 Å². The molecule has 0 atom stereocenters. The predicted octanol–water partition coefficient (Wildman–Crippen LogP) is 3.77. The van der Waals surface area contributed by atoms with E-state index in [4.69, 9.17) is 34.2 Å². The van der Waals surface area contributed by atoms with Crippen molar-refractivity contribution >= 4 is 34.8 Å². The lowest BCUT2D eigenvalue weighted by molar-refractivity contribution is 0.473. The number of nitrogens with zero attached hydrogens (tertiary/aromatic N) is 3. The van der Waals surface area contributed by atoms with Gasteiger partial charge in [0.15, 0.2) is 6.19 Å². The van der Waals surface area contributed by atoms with Gasteiger partial charge in [-0.3, -0.25) is 0 Å². The molecule has 0 saturated heterocycles. The fourth-order valence-electron chi connectivity index (χ4n) is 1.40. The molecule has 102 valence electrons. The zero-order valence-corrected chi connectivity index (χ0v) is 12.4. The number of hydrogen-bond acceptors (Lipinski definition) is 2. The fourth-order valence-corrected chi connectivity index (χ4v) is 1.91. The summed E-state index contributed by atoms with van der Waals surface area (Å²) in [4.78, 5) is 5.51. The van der Waals surface area contributed by atoms with Crippen molar-refractivity contribution in [2.45, 2.75) is 20.3 Å². The minimum Gasteiger partial charge on any atom is -0.369 e. The summed E-state index contributed by atoms with van der Waals surface area (Å²) in [6.07, 6.45) is 2.88. The summed E-state index contributed by atoms with van der Waals surface area (Å²) < 4.78 is 0. The minimum atomic E-state index is 0.140. The van der Waals surface area contributed by atoms with E-state index in [9.17, 15) is 0 Å². The van der Waals surface area contributed by atoms with Gasteiger partial charge in [-0.05, 0) is 30.5 Å². The summed E-state index contributed by atoms with van der Waals surface area (Å²) in [7, 11) is 0. The average molecular weight is 299 g/mol. The van der Waals surface area contributed by atoms with Crippen LogP contribution in [0.4, 0.5) is 5.69 Å². The monoisotopic (exact) mass is 298 g/mol. The Morgan fingerprint density at radius 3 is 2.42 bits per heavy atom. The Balaban J connectivity index is 2.87. The van der Waals surface area contributed by atoms with Gasteiger partial charge in [-0.2, -0.15) is 5.26 Å². The number of halogens is 2. The highest BCUT2D eigenvalue weighted by atomic mass is 35.5. The molecule has 0 amide bonds. The summed E-state index contributed by atoms with van der Waals surface area (Å²) >= 11 is 11.8. The summed E-state index contributed by atoms with van der Waals surface area (Å²) in [6, 6.07) is 4.88. The van der Waals surface area contributed by atoms with Gasteiger partial charge in [-0.1, -0.05) is 37.0 Å². The molecular weight excluding hydrogens is 283 g/mol. The van der Waals surface area contributed by atoms with Gasteiger partial charge in [0.05, 0.1) is 5.69 Å². The first-order valence-corrected chi connectivity index (χ1v) is 6.65. The third-order valence-corrected chi connectivity index (χ3v) is 2.85. The molecule has 4 nitrogen and oxygen atoms in total. The maximum absolute atomic E-state index is 9.06. The van der Waals surface area contributed by atoms with Gasteiger partial charge in [0.1, 0.15) is 0 Å². The molecule has 0 saturated carbocycles.